The molecular formula is C26H22N4O3. The Morgan fingerprint density at radius 1 is 1.12 bits per heavy atom. The Hall–Kier alpha value is -4.00. The molecule has 1 atom stereocenters. The fourth-order valence-electron chi connectivity index (χ4n) is 4.55. The molecule has 0 bridgehead atoms. The van der Waals surface area contributed by atoms with E-state index in [1.807, 2.05) is 42.7 Å². The van der Waals surface area contributed by atoms with Crippen LogP contribution in [0.3, 0.4) is 0 Å². The van der Waals surface area contributed by atoms with Gasteiger partial charge >= 0.3 is 0 Å². The van der Waals surface area contributed by atoms with Gasteiger partial charge in [-0.3, -0.25) is 14.8 Å². The van der Waals surface area contributed by atoms with E-state index in [-0.39, 0.29) is 11.8 Å². The van der Waals surface area contributed by atoms with E-state index in [1.165, 1.54) is 5.57 Å². The number of fused-ring (bicyclic) bond motifs is 2. The molecule has 3 aliphatic rings. The van der Waals surface area contributed by atoms with Gasteiger partial charge in [0.05, 0.1) is 6.61 Å². The molecule has 6 rings (SSSR count). The predicted octanol–water partition coefficient (Wildman–Crippen LogP) is 4.59. The summed E-state index contributed by atoms with van der Waals surface area (Å²) in [5, 5.41) is 2.82. The Kier molecular flexibility index (Phi) is 4.87. The van der Waals surface area contributed by atoms with Crippen LogP contribution in [-0.4, -0.2) is 28.2 Å². The van der Waals surface area contributed by atoms with Crippen molar-refractivity contribution in [3.05, 3.63) is 77.9 Å². The number of anilines is 1. The summed E-state index contributed by atoms with van der Waals surface area (Å²) in [6, 6.07) is 11.8. The van der Waals surface area contributed by atoms with Crippen LogP contribution in [0.4, 0.5) is 5.82 Å². The van der Waals surface area contributed by atoms with Crippen molar-refractivity contribution < 1.29 is 14.3 Å². The van der Waals surface area contributed by atoms with Crippen molar-refractivity contribution in [2.45, 2.75) is 25.7 Å². The summed E-state index contributed by atoms with van der Waals surface area (Å²) in [7, 11) is 0. The Morgan fingerprint density at radius 3 is 3.00 bits per heavy atom. The van der Waals surface area contributed by atoms with Crippen molar-refractivity contribution in [2.24, 2.45) is 10.9 Å². The smallest absolute Gasteiger partial charge is 0.225 e. The van der Waals surface area contributed by atoms with Crippen LogP contribution in [0.15, 0.2) is 66.2 Å². The predicted molar refractivity (Wildman–Crippen MR) is 125 cm³/mol. The van der Waals surface area contributed by atoms with Crippen LogP contribution in [0.5, 0.6) is 17.2 Å². The molecule has 0 saturated carbocycles. The number of hydrogen-bond donors (Lipinski definition) is 1. The van der Waals surface area contributed by atoms with Crippen LogP contribution in [0.25, 0.3) is 5.57 Å². The molecule has 3 aliphatic heterocycles. The number of rotatable bonds is 4. The maximum atomic E-state index is 11.7. The molecule has 0 saturated heterocycles. The number of hydrogen-bond acceptors (Lipinski definition) is 6. The minimum Gasteiger partial charge on any atom is -0.493 e. The van der Waals surface area contributed by atoms with E-state index in [9.17, 15) is 4.79 Å². The van der Waals surface area contributed by atoms with Gasteiger partial charge in [0, 0.05) is 54.8 Å². The maximum Gasteiger partial charge on any atom is 0.225 e. The highest BCUT2D eigenvalue weighted by molar-refractivity contribution is 6.00. The molecule has 1 N–H and O–H groups in total. The molecule has 0 aliphatic carbocycles. The summed E-state index contributed by atoms with van der Waals surface area (Å²) in [6.07, 6.45) is 9.99. The topological polar surface area (TPSA) is 85.7 Å². The van der Waals surface area contributed by atoms with Crippen molar-refractivity contribution in [3.63, 3.8) is 0 Å². The summed E-state index contributed by atoms with van der Waals surface area (Å²) in [5.41, 5.74) is 5.48. The van der Waals surface area contributed by atoms with E-state index in [4.69, 9.17) is 14.5 Å². The fraction of sp³-hybridized carbons (Fsp3) is 0.231. The zero-order valence-electron chi connectivity index (χ0n) is 18.0. The van der Waals surface area contributed by atoms with E-state index in [2.05, 4.69) is 21.4 Å². The number of pyridine rings is 2. The molecule has 1 unspecified atom stereocenters. The standard InChI is InChI=1S/C26H22N4O3/c31-25-6-4-21-24(7-9-28-26(21)30-25)33-20-3-5-23-17(11-20)10-19(15-32-23)22-12-18(14-29-22)16-2-1-8-27-13-16/h1-3,5,7-9,11,13-14,19H,4,6,10,12,15H2,(H,28,30,31). The Labute approximate surface area is 191 Å². The molecule has 3 aromatic rings. The van der Waals surface area contributed by atoms with Gasteiger partial charge in [-0.1, -0.05) is 6.07 Å². The average Bonchev–Trinajstić information content (AvgIpc) is 3.35. The van der Waals surface area contributed by atoms with Crippen molar-refractivity contribution >= 4 is 23.0 Å². The van der Waals surface area contributed by atoms with Crippen molar-refractivity contribution in [3.8, 4) is 17.2 Å². The van der Waals surface area contributed by atoms with Crippen LogP contribution in [-0.2, 0) is 17.6 Å². The minimum atomic E-state index is -0.0138. The number of aliphatic imine (C=N–C) groups is 1. The largest absolute Gasteiger partial charge is 0.493 e. The molecule has 7 nitrogen and oxygen atoms in total. The van der Waals surface area contributed by atoms with Crippen LogP contribution in [0, 0.1) is 5.92 Å². The molecule has 1 aromatic carbocycles. The van der Waals surface area contributed by atoms with E-state index in [0.717, 1.165) is 52.5 Å². The number of amides is 1. The van der Waals surface area contributed by atoms with Gasteiger partial charge in [0.25, 0.3) is 0 Å². The highest BCUT2D eigenvalue weighted by atomic mass is 16.5. The van der Waals surface area contributed by atoms with Crippen molar-refractivity contribution in [2.75, 3.05) is 11.9 Å². The second kappa shape index (κ2) is 8.16. The van der Waals surface area contributed by atoms with Gasteiger partial charge in [-0.2, -0.15) is 0 Å². The Morgan fingerprint density at radius 2 is 2.09 bits per heavy atom. The van der Waals surface area contributed by atoms with Crippen LogP contribution in [0.2, 0.25) is 0 Å². The summed E-state index contributed by atoms with van der Waals surface area (Å²) < 4.78 is 12.3. The van der Waals surface area contributed by atoms with E-state index >= 15 is 0 Å². The lowest BCUT2D eigenvalue weighted by Crippen LogP contribution is -2.27. The fourth-order valence-corrected chi connectivity index (χ4v) is 4.55. The Balaban J connectivity index is 1.18. The van der Waals surface area contributed by atoms with Gasteiger partial charge in [-0.15, -0.1) is 0 Å². The Bertz CT molecular complexity index is 1300. The highest BCUT2D eigenvalue weighted by Crippen LogP contribution is 2.37. The molecule has 1 amide bonds. The van der Waals surface area contributed by atoms with Gasteiger partial charge in [0.15, 0.2) is 0 Å². The molecule has 0 fully saturated rings. The first-order valence-corrected chi connectivity index (χ1v) is 11.1. The summed E-state index contributed by atoms with van der Waals surface area (Å²) in [4.78, 5) is 24.9. The number of benzene rings is 1. The zero-order valence-corrected chi connectivity index (χ0v) is 18.0. The quantitative estimate of drug-likeness (QED) is 0.644. The number of ether oxygens (including phenoxy) is 2. The molecule has 0 radical (unpaired) electrons. The molecule has 0 spiro atoms. The number of allylic oxidation sites excluding steroid dienone is 1. The third-order valence-electron chi connectivity index (χ3n) is 6.30. The SMILES string of the molecule is O=C1CCc2c(Oc3ccc4c(c3)CC(C3=NC=C(c5cccnc5)C3)CO4)ccnc2N1. The number of nitrogens with one attached hydrogen (secondary N) is 1. The molecular weight excluding hydrogens is 416 g/mol. The average molecular weight is 438 g/mol. The van der Waals surface area contributed by atoms with E-state index in [1.54, 1.807) is 12.4 Å². The van der Waals surface area contributed by atoms with E-state index < -0.39 is 0 Å². The molecule has 33 heavy (non-hydrogen) atoms. The van der Waals surface area contributed by atoms with Gasteiger partial charge in [-0.25, -0.2) is 4.98 Å². The highest BCUT2D eigenvalue weighted by Gasteiger charge is 2.27. The first-order chi connectivity index (χ1) is 16.2. The molecule has 164 valence electrons. The normalized spacial score (nSPS) is 18.9. The monoisotopic (exact) mass is 438 g/mol. The van der Waals surface area contributed by atoms with Gasteiger partial charge < -0.3 is 14.8 Å². The van der Waals surface area contributed by atoms with Crippen LogP contribution < -0.4 is 14.8 Å². The van der Waals surface area contributed by atoms with E-state index in [0.29, 0.717) is 25.3 Å². The molecule has 2 aromatic heterocycles. The van der Waals surface area contributed by atoms with Gasteiger partial charge in [0.2, 0.25) is 5.91 Å². The maximum absolute atomic E-state index is 11.7. The number of carbonyl (C=O) groups is 1. The van der Waals surface area contributed by atoms with Crippen LogP contribution >= 0.6 is 0 Å². The van der Waals surface area contributed by atoms with Gasteiger partial charge in [-0.05, 0) is 59.9 Å². The zero-order chi connectivity index (χ0) is 22.2. The summed E-state index contributed by atoms with van der Waals surface area (Å²) in [6.45, 7) is 0.623. The summed E-state index contributed by atoms with van der Waals surface area (Å²) >= 11 is 0. The first-order valence-electron chi connectivity index (χ1n) is 11.1. The third-order valence-corrected chi connectivity index (χ3v) is 6.30. The first kappa shape index (κ1) is 19.7. The number of carbonyl (C=O) groups excluding carboxylic acids is 1. The number of aromatic nitrogens is 2. The second-order valence-electron chi connectivity index (χ2n) is 8.46. The number of nitrogens with zero attached hydrogens (tertiary/aromatic N) is 3. The van der Waals surface area contributed by atoms with Gasteiger partial charge in [0.1, 0.15) is 23.1 Å². The lowest BCUT2D eigenvalue weighted by molar-refractivity contribution is -0.116. The third kappa shape index (κ3) is 3.86. The lowest BCUT2D eigenvalue weighted by atomic mass is 9.89. The molecule has 7 heteroatoms. The second-order valence-corrected chi connectivity index (χ2v) is 8.46. The lowest BCUT2D eigenvalue weighted by Gasteiger charge is -2.26. The van der Waals surface area contributed by atoms with Crippen molar-refractivity contribution in [1.29, 1.82) is 0 Å². The van der Waals surface area contributed by atoms with Crippen molar-refractivity contribution in [1.82, 2.24) is 9.97 Å². The minimum absolute atomic E-state index is 0.0138. The summed E-state index contributed by atoms with van der Waals surface area (Å²) in [5.74, 6) is 3.15. The molecule has 5 heterocycles. The van der Waals surface area contributed by atoms with Crippen LogP contribution in [0.1, 0.15) is 29.5 Å².